The second-order valence-corrected chi connectivity index (χ2v) is 2.79. The summed E-state index contributed by atoms with van der Waals surface area (Å²) in [5.41, 5.74) is -0.553. The fourth-order valence-corrected chi connectivity index (χ4v) is 0.712. The van der Waals surface area contributed by atoms with Crippen LogP contribution in [0.2, 0.25) is 0 Å². The van der Waals surface area contributed by atoms with Crippen LogP contribution < -0.4 is 0 Å². The highest BCUT2D eigenvalue weighted by molar-refractivity contribution is 5.78. The van der Waals surface area contributed by atoms with Gasteiger partial charge in [-0.05, 0) is 20.8 Å². The largest absolute Gasteiger partial charge is 0.434 e. The van der Waals surface area contributed by atoms with E-state index in [9.17, 15) is 4.79 Å². The molecule has 11 heavy (non-hydrogen) atoms. The van der Waals surface area contributed by atoms with E-state index < -0.39 is 5.41 Å². The van der Waals surface area contributed by atoms with Gasteiger partial charge >= 0.3 is 5.97 Å². The van der Waals surface area contributed by atoms with Crippen molar-refractivity contribution in [3.63, 3.8) is 0 Å². The Balaban J connectivity index is 4.28. The van der Waals surface area contributed by atoms with Gasteiger partial charge in [0.2, 0.25) is 0 Å². The molecule has 0 aliphatic carbocycles. The minimum Gasteiger partial charge on any atom is -0.434 e. The van der Waals surface area contributed by atoms with Crippen LogP contribution in [0.5, 0.6) is 0 Å². The van der Waals surface area contributed by atoms with Crippen molar-refractivity contribution in [2.24, 2.45) is 5.41 Å². The first-order valence-electron chi connectivity index (χ1n) is 3.50. The maximum atomic E-state index is 11.1. The van der Waals surface area contributed by atoms with Crippen molar-refractivity contribution in [1.29, 1.82) is 0 Å². The van der Waals surface area contributed by atoms with E-state index >= 15 is 0 Å². The van der Waals surface area contributed by atoms with Gasteiger partial charge in [-0.25, -0.2) is 0 Å². The molecule has 0 radical (unpaired) electrons. The molecule has 62 valence electrons. The van der Waals surface area contributed by atoms with Crippen molar-refractivity contribution in [3.05, 3.63) is 25.0 Å². The van der Waals surface area contributed by atoms with Gasteiger partial charge in [-0.2, -0.15) is 0 Å². The third-order valence-electron chi connectivity index (χ3n) is 1.30. The van der Waals surface area contributed by atoms with Gasteiger partial charge in [-0.15, -0.1) is 0 Å². The Morgan fingerprint density at radius 1 is 1.55 bits per heavy atom. The van der Waals surface area contributed by atoms with E-state index in [-0.39, 0.29) is 5.97 Å². The minimum atomic E-state index is -0.553. The predicted molar refractivity (Wildman–Crippen MR) is 44.9 cm³/mol. The van der Waals surface area contributed by atoms with Crippen molar-refractivity contribution < 1.29 is 9.53 Å². The second kappa shape index (κ2) is 3.96. The summed E-state index contributed by atoms with van der Waals surface area (Å²) in [6.45, 7) is 8.75. The standard InChI is InChI=1S/C9H14O2/c1-5-7-9(3,4)8(10)11-6-2/h5-7H,2H2,1,3-4H3. The summed E-state index contributed by atoms with van der Waals surface area (Å²) >= 11 is 0. The molecule has 0 heterocycles. The van der Waals surface area contributed by atoms with Gasteiger partial charge in [0.15, 0.2) is 0 Å². The summed E-state index contributed by atoms with van der Waals surface area (Å²) in [5.74, 6) is -0.286. The van der Waals surface area contributed by atoms with Crippen LogP contribution in [-0.4, -0.2) is 5.97 Å². The summed E-state index contributed by atoms with van der Waals surface area (Å²) in [5, 5.41) is 0. The summed E-state index contributed by atoms with van der Waals surface area (Å²) in [4.78, 5) is 11.1. The van der Waals surface area contributed by atoms with Gasteiger partial charge in [0.05, 0.1) is 11.7 Å². The van der Waals surface area contributed by atoms with E-state index in [1.54, 1.807) is 19.9 Å². The number of allylic oxidation sites excluding steroid dienone is 1. The molecule has 0 rings (SSSR count). The number of carbonyl (C=O) groups is 1. The highest BCUT2D eigenvalue weighted by Crippen LogP contribution is 2.18. The minimum absolute atomic E-state index is 0.286. The quantitative estimate of drug-likeness (QED) is 0.354. The molecule has 0 aromatic rings. The first-order valence-corrected chi connectivity index (χ1v) is 3.50. The van der Waals surface area contributed by atoms with Crippen LogP contribution in [-0.2, 0) is 9.53 Å². The zero-order valence-electron chi connectivity index (χ0n) is 7.26. The lowest BCUT2D eigenvalue weighted by molar-refractivity contribution is -0.145. The molecule has 0 aliphatic heterocycles. The number of hydrogen-bond donors (Lipinski definition) is 0. The summed E-state index contributed by atoms with van der Waals surface area (Å²) < 4.78 is 4.63. The molecule has 0 aromatic heterocycles. The lowest BCUT2D eigenvalue weighted by Crippen LogP contribution is -2.22. The van der Waals surface area contributed by atoms with Crippen molar-refractivity contribution >= 4 is 5.97 Å². The number of rotatable bonds is 3. The molecule has 0 fully saturated rings. The molecular weight excluding hydrogens is 140 g/mol. The SMILES string of the molecule is C=COC(=O)C(C)(C)C=CC. The Morgan fingerprint density at radius 3 is 2.45 bits per heavy atom. The van der Waals surface area contributed by atoms with E-state index in [1.165, 1.54) is 0 Å². The normalized spacial score (nSPS) is 11.5. The smallest absolute Gasteiger partial charge is 0.320 e. The van der Waals surface area contributed by atoms with Gasteiger partial charge in [-0.1, -0.05) is 18.7 Å². The molecule has 0 saturated heterocycles. The molecule has 0 unspecified atom stereocenters. The van der Waals surface area contributed by atoms with Crippen LogP contribution in [0, 0.1) is 5.41 Å². The molecule has 0 spiro atoms. The molecule has 0 aromatic carbocycles. The fraction of sp³-hybridized carbons (Fsp3) is 0.444. The van der Waals surface area contributed by atoms with E-state index in [0.29, 0.717) is 0 Å². The summed E-state index contributed by atoms with van der Waals surface area (Å²) in [6.07, 6.45) is 4.76. The first kappa shape index (κ1) is 9.95. The molecule has 2 nitrogen and oxygen atoms in total. The van der Waals surface area contributed by atoms with Crippen molar-refractivity contribution in [2.45, 2.75) is 20.8 Å². The molecule has 0 aliphatic rings. The molecule has 2 heteroatoms. The van der Waals surface area contributed by atoms with E-state index in [4.69, 9.17) is 0 Å². The highest BCUT2D eigenvalue weighted by Gasteiger charge is 2.24. The third kappa shape index (κ3) is 3.03. The summed E-state index contributed by atoms with van der Waals surface area (Å²) in [6, 6.07) is 0. The predicted octanol–water partition coefficient (Wildman–Crippen LogP) is 2.28. The Bertz CT molecular complexity index is 178. The van der Waals surface area contributed by atoms with Crippen LogP contribution in [0.15, 0.2) is 25.0 Å². The molecule has 0 N–H and O–H groups in total. The number of esters is 1. The fourth-order valence-electron chi connectivity index (χ4n) is 0.712. The Labute approximate surface area is 67.6 Å². The van der Waals surface area contributed by atoms with Crippen molar-refractivity contribution in [3.8, 4) is 0 Å². The number of carbonyl (C=O) groups excluding carboxylic acids is 1. The van der Waals surface area contributed by atoms with E-state index in [1.807, 2.05) is 13.0 Å². The van der Waals surface area contributed by atoms with Gasteiger partial charge in [0.25, 0.3) is 0 Å². The van der Waals surface area contributed by atoms with Crippen LogP contribution in [0.3, 0.4) is 0 Å². The lowest BCUT2D eigenvalue weighted by atomic mass is 9.93. The van der Waals surface area contributed by atoms with Crippen LogP contribution in [0.4, 0.5) is 0 Å². The van der Waals surface area contributed by atoms with Crippen LogP contribution >= 0.6 is 0 Å². The second-order valence-electron chi connectivity index (χ2n) is 2.79. The number of hydrogen-bond acceptors (Lipinski definition) is 2. The van der Waals surface area contributed by atoms with Crippen molar-refractivity contribution in [2.75, 3.05) is 0 Å². The Kier molecular flexibility index (Phi) is 3.58. The molecule has 0 saturated carbocycles. The maximum Gasteiger partial charge on any atom is 0.320 e. The zero-order chi connectivity index (χ0) is 8.91. The Hall–Kier alpha value is -1.05. The molecular formula is C9H14O2. The monoisotopic (exact) mass is 154 g/mol. The van der Waals surface area contributed by atoms with Crippen LogP contribution in [0.25, 0.3) is 0 Å². The molecule has 0 amide bonds. The van der Waals surface area contributed by atoms with E-state index in [2.05, 4.69) is 11.3 Å². The highest BCUT2D eigenvalue weighted by atomic mass is 16.5. The topological polar surface area (TPSA) is 26.3 Å². The van der Waals surface area contributed by atoms with Crippen molar-refractivity contribution in [1.82, 2.24) is 0 Å². The van der Waals surface area contributed by atoms with Gasteiger partial charge < -0.3 is 4.74 Å². The maximum absolute atomic E-state index is 11.1. The average Bonchev–Trinajstić information content (AvgIpc) is 1.88. The van der Waals surface area contributed by atoms with Gasteiger partial charge in [0, 0.05) is 0 Å². The van der Waals surface area contributed by atoms with Gasteiger partial charge in [0.1, 0.15) is 0 Å². The summed E-state index contributed by atoms with van der Waals surface area (Å²) in [7, 11) is 0. The number of ether oxygens (including phenoxy) is 1. The van der Waals surface area contributed by atoms with E-state index in [0.717, 1.165) is 6.26 Å². The zero-order valence-corrected chi connectivity index (χ0v) is 7.26. The third-order valence-corrected chi connectivity index (χ3v) is 1.30. The first-order chi connectivity index (χ1) is 5.04. The van der Waals surface area contributed by atoms with Gasteiger partial charge in [-0.3, -0.25) is 4.79 Å². The lowest BCUT2D eigenvalue weighted by Gasteiger charge is -2.15. The molecule has 0 atom stereocenters. The van der Waals surface area contributed by atoms with Crippen LogP contribution in [0.1, 0.15) is 20.8 Å². The Morgan fingerprint density at radius 2 is 2.09 bits per heavy atom. The average molecular weight is 154 g/mol. The molecule has 0 bridgehead atoms.